The Morgan fingerprint density at radius 3 is 2.75 bits per heavy atom. The highest BCUT2D eigenvalue weighted by atomic mass is 16.2. The summed E-state index contributed by atoms with van der Waals surface area (Å²) < 4.78 is 1.73. The Morgan fingerprint density at radius 1 is 1.11 bits per heavy atom. The van der Waals surface area contributed by atoms with Gasteiger partial charge in [-0.25, -0.2) is 4.98 Å². The number of hydrogen-bond donors (Lipinski definition) is 3. The molecule has 0 radical (unpaired) electrons. The number of carbonyl (C=O) groups excluding carboxylic acids is 2. The second kappa shape index (κ2) is 9.90. The van der Waals surface area contributed by atoms with Gasteiger partial charge in [-0.05, 0) is 51.4 Å². The van der Waals surface area contributed by atoms with Gasteiger partial charge in [0.25, 0.3) is 5.91 Å². The van der Waals surface area contributed by atoms with Gasteiger partial charge in [0.05, 0.1) is 47.3 Å². The van der Waals surface area contributed by atoms with Crippen molar-refractivity contribution in [1.29, 1.82) is 0 Å². The molecule has 10 nitrogen and oxygen atoms in total. The number of amides is 2. The quantitative estimate of drug-likeness (QED) is 0.382. The Kier molecular flexibility index (Phi) is 6.51. The molecule has 3 N–H and O–H groups in total. The summed E-state index contributed by atoms with van der Waals surface area (Å²) in [6.07, 6.45) is 10.3. The fourth-order valence-electron chi connectivity index (χ4n) is 4.56. The van der Waals surface area contributed by atoms with E-state index in [1.807, 2.05) is 26.2 Å². The second-order valence-electron chi connectivity index (χ2n) is 9.42. The molecule has 0 aliphatic carbocycles. The molecule has 4 aromatic heterocycles. The van der Waals surface area contributed by atoms with Crippen molar-refractivity contribution in [2.24, 2.45) is 7.05 Å². The Labute approximate surface area is 209 Å². The summed E-state index contributed by atoms with van der Waals surface area (Å²) in [6.45, 7) is 5.25. The highest BCUT2D eigenvalue weighted by Crippen LogP contribution is 2.24. The van der Waals surface area contributed by atoms with Gasteiger partial charge in [-0.3, -0.25) is 24.2 Å². The first-order valence-corrected chi connectivity index (χ1v) is 12.2. The van der Waals surface area contributed by atoms with E-state index < -0.39 is 0 Å². The first-order chi connectivity index (χ1) is 17.4. The third kappa shape index (κ3) is 5.13. The van der Waals surface area contributed by atoms with Crippen LogP contribution in [0.15, 0.2) is 43.0 Å². The molecular formula is C26H30N8O2. The van der Waals surface area contributed by atoms with Crippen LogP contribution in [0.5, 0.6) is 0 Å². The highest BCUT2D eigenvalue weighted by Gasteiger charge is 2.21. The van der Waals surface area contributed by atoms with Gasteiger partial charge in [-0.1, -0.05) is 6.42 Å². The Hall–Kier alpha value is -4.05. The van der Waals surface area contributed by atoms with Crippen LogP contribution in [0.4, 0.5) is 11.4 Å². The summed E-state index contributed by atoms with van der Waals surface area (Å²) in [4.78, 5) is 39.9. The van der Waals surface area contributed by atoms with Crippen LogP contribution in [0, 0.1) is 6.92 Å². The molecule has 0 bridgehead atoms. The van der Waals surface area contributed by atoms with E-state index in [0.29, 0.717) is 40.9 Å². The van der Waals surface area contributed by atoms with Gasteiger partial charge >= 0.3 is 0 Å². The number of nitrogens with zero attached hydrogens (tertiary/aromatic N) is 5. The molecule has 2 amide bonds. The number of aromatic nitrogens is 5. The number of anilines is 2. The molecule has 1 fully saturated rings. The van der Waals surface area contributed by atoms with E-state index in [9.17, 15) is 9.59 Å². The third-order valence-electron chi connectivity index (χ3n) is 6.65. The summed E-state index contributed by atoms with van der Waals surface area (Å²) in [6, 6.07) is 5.88. The van der Waals surface area contributed by atoms with Crippen LogP contribution in [0.1, 0.15) is 42.2 Å². The molecule has 36 heavy (non-hydrogen) atoms. The van der Waals surface area contributed by atoms with Crippen LogP contribution in [0.3, 0.4) is 0 Å². The van der Waals surface area contributed by atoms with Crippen molar-refractivity contribution in [1.82, 2.24) is 29.6 Å². The topological polar surface area (TPSA) is 121 Å². The number of aryl methyl sites for hydroxylation is 2. The monoisotopic (exact) mass is 486 g/mol. The maximum atomic E-state index is 13.0. The summed E-state index contributed by atoms with van der Waals surface area (Å²) in [5, 5.41) is 10.8. The zero-order valence-corrected chi connectivity index (χ0v) is 20.7. The van der Waals surface area contributed by atoms with Gasteiger partial charge < -0.3 is 15.6 Å². The lowest BCUT2D eigenvalue weighted by Crippen LogP contribution is -2.42. The lowest BCUT2D eigenvalue weighted by atomic mass is 10.0. The number of carbonyl (C=O) groups is 2. The number of nitrogens with one attached hydrogen (secondary N) is 3. The average molecular weight is 487 g/mol. The molecule has 0 spiro atoms. The molecule has 1 aliphatic rings. The molecular weight excluding hydrogens is 456 g/mol. The van der Waals surface area contributed by atoms with Gasteiger partial charge in [0.1, 0.15) is 5.65 Å². The molecule has 186 valence electrons. The lowest BCUT2D eigenvalue weighted by Gasteiger charge is -2.32. The first-order valence-electron chi connectivity index (χ1n) is 12.2. The Bertz CT molecular complexity index is 1420. The van der Waals surface area contributed by atoms with Crippen molar-refractivity contribution in [2.75, 3.05) is 23.7 Å². The van der Waals surface area contributed by atoms with Gasteiger partial charge in [0, 0.05) is 36.4 Å². The van der Waals surface area contributed by atoms with E-state index in [0.717, 1.165) is 36.0 Å². The van der Waals surface area contributed by atoms with Gasteiger partial charge in [-0.2, -0.15) is 5.10 Å². The van der Waals surface area contributed by atoms with Crippen molar-refractivity contribution in [3.05, 3.63) is 54.2 Å². The van der Waals surface area contributed by atoms with E-state index in [1.165, 1.54) is 12.6 Å². The largest absolute Gasteiger partial charge is 0.339 e. The normalized spacial score (nSPS) is 16.2. The molecule has 0 aromatic carbocycles. The zero-order chi connectivity index (χ0) is 25.2. The number of pyridine rings is 2. The van der Waals surface area contributed by atoms with Crippen LogP contribution in [0.2, 0.25) is 0 Å². The molecule has 1 aliphatic heterocycles. The van der Waals surface area contributed by atoms with Crippen molar-refractivity contribution in [3.8, 4) is 11.3 Å². The molecule has 0 saturated carbocycles. The number of likely N-dealkylation sites (tertiary alicyclic amines) is 1. The van der Waals surface area contributed by atoms with Gasteiger partial charge in [0.2, 0.25) is 5.91 Å². The predicted molar refractivity (Wildman–Crippen MR) is 139 cm³/mol. The van der Waals surface area contributed by atoms with Crippen LogP contribution in [-0.4, -0.2) is 60.6 Å². The first kappa shape index (κ1) is 23.7. The Balaban J connectivity index is 1.28. The minimum Gasteiger partial charge on any atom is -0.339 e. The average Bonchev–Trinajstić information content (AvgIpc) is 3.48. The minimum atomic E-state index is -0.302. The summed E-state index contributed by atoms with van der Waals surface area (Å²) >= 11 is 0. The maximum absolute atomic E-state index is 13.0. The molecule has 10 heteroatoms. The van der Waals surface area contributed by atoms with E-state index in [4.69, 9.17) is 0 Å². The number of piperidine rings is 1. The van der Waals surface area contributed by atoms with E-state index in [1.54, 1.807) is 29.2 Å². The summed E-state index contributed by atoms with van der Waals surface area (Å²) in [5.41, 5.74) is 4.67. The predicted octanol–water partition coefficient (Wildman–Crippen LogP) is 3.73. The number of aromatic amines is 1. The van der Waals surface area contributed by atoms with Crippen LogP contribution >= 0.6 is 0 Å². The summed E-state index contributed by atoms with van der Waals surface area (Å²) in [7, 11) is 1.86. The minimum absolute atomic E-state index is 0.0850. The van der Waals surface area contributed by atoms with Crippen molar-refractivity contribution < 1.29 is 9.59 Å². The molecule has 0 unspecified atom stereocenters. The van der Waals surface area contributed by atoms with E-state index >= 15 is 0 Å². The number of hydrogen-bond acceptors (Lipinski definition) is 6. The molecule has 5 heterocycles. The third-order valence-corrected chi connectivity index (χ3v) is 6.65. The Morgan fingerprint density at radius 2 is 1.97 bits per heavy atom. The fraction of sp³-hybridized carbons (Fsp3) is 0.346. The van der Waals surface area contributed by atoms with Gasteiger partial charge in [-0.15, -0.1) is 0 Å². The summed E-state index contributed by atoms with van der Waals surface area (Å²) in [5.74, 6) is -0.387. The molecule has 1 atom stereocenters. The highest BCUT2D eigenvalue weighted by molar-refractivity contribution is 6.06. The maximum Gasteiger partial charge on any atom is 0.257 e. The van der Waals surface area contributed by atoms with E-state index in [2.05, 4.69) is 42.5 Å². The standard InChI is InChI=1S/C26H30N8O2/c1-16-6-4-5-7-34(16)15-24(35)30-21-10-22(17(2)27-13-21)32-26(36)19-8-18-9-23(31-25(18)28-11-19)20-12-29-33(3)14-20/h8-14,16H,4-7,15H2,1-3H3,(H,28,31)(H,30,35)(H,32,36)/t16-/m0/s1. The fourth-order valence-corrected chi connectivity index (χ4v) is 4.56. The zero-order valence-electron chi connectivity index (χ0n) is 20.7. The van der Waals surface area contributed by atoms with Crippen LogP contribution in [-0.2, 0) is 11.8 Å². The number of rotatable bonds is 6. The van der Waals surface area contributed by atoms with Crippen molar-refractivity contribution in [3.63, 3.8) is 0 Å². The number of H-pyrrole nitrogens is 1. The molecule has 1 saturated heterocycles. The van der Waals surface area contributed by atoms with Gasteiger partial charge in [0.15, 0.2) is 0 Å². The second-order valence-corrected chi connectivity index (χ2v) is 9.42. The van der Waals surface area contributed by atoms with Crippen LogP contribution in [0.25, 0.3) is 22.3 Å². The lowest BCUT2D eigenvalue weighted by molar-refractivity contribution is -0.118. The molecule has 4 aromatic rings. The number of fused-ring (bicyclic) bond motifs is 1. The van der Waals surface area contributed by atoms with Crippen molar-refractivity contribution in [2.45, 2.75) is 39.2 Å². The smallest absolute Gasteiger partial charge is 0.257 e. The van der Waals surface area contributed by atoms with Crippen LogP contribution < -0.4 is 10.6 Å². The van der Waals surface area contributed by atoms with E-state index in [-0.39, 0.29) is 11.8 Å². The van der Waals surface area contributed by atoms with Crippen molar-refractivity contribution >= 4 is 34.2 Å². The molecule has 5 rings (SSSR count). The SMILES string of the molecule is Cc1ncc(NC(=O)CN2CCCC[C@@H]2C)cc1NC(=O)c1cnc2[nH]c(-c3cnn(C)c3)cc2c1.